The van der Waals surface area contributed by atoms with Crippen LogP contribution in [0.1, 0.15) is 32.4 Å². The van der Waals surface area contributed by atoms with E-state index in [0.717, 1.165) is 18.9 Å². The molecule has 0 unspecified atom stereocenters. The topological polar surface area (TPSA) is 41.9 Å². The van der Waals surface area contributed by atoms with Crippen molar-refractivity contribution < 1.29 is 13.2 Å². The van der Waals surface area contributed by atoms with Gasteiger partial charge in [-0.2, -0.15) is 13.2 Å². The number of rotatable bonds is 6. The van der Waals surface area contributed by atoms with Crippen molar-refractivity contribution in [2.45, 2.75) is 32.9 Å². The molecule has 2 aromatic heterocycles. The van der Waals surface area contributed by atoms with Crippen molar-refractivity contribution in [3.8, 4) is 11.5 Å². The molecule has 0 atom stereocenters. The second-order valence-corrected chi connectivity index (χ2v) is 5.13. The Morgan fingerprint density at radius 3 is 2.26 bits per heavy atom. The van der Waals surface area contributed by atoms with E-state index in [2.05, 4.69) is 15.0 Å². The van der Waals surface area contributed by atoms with Crippen molar-refractivity contribution in [2.24, 2.45) is 0 Å². The predicted octanol–water partition coefficient (Wildman–Crippen LogP) is 4.18. The zero-order valence-corrected chi connectivity index (χ0v) is 13.1. The molecule has 0 saturated carbocycles. The Balaban J connectivity index is 2.53. The van der Waals surface area contributed by atoms with Crippen LogP contribution < -0.4 is 4.90 Å². The summed E-state index contributed by atoms with van der Waals surface area (Å²) in [5.41, 5.74) is -0.617. The van der Waals surface area contributed by atoms with Crippen LogP contribution in [-0.2, 0) is 6.18 Å². The Morgan fingerprint density at radius 1 is 1.04 bits per heavy atom. The average Bonchev–Trinajstić information content (AvgIpc) is 2.54. The predicted molar refractivity (Wildman–Crippen MR) is 83.1 cm³/mol. The van der Waals surface area contributed by atoms with Gasteiger partial charge in [-0.05, 0) is 25.0 Å². The minimum Gasteiger partial charge on any atom is -0.357 e. The van der Waals surface area contributed by atoms with Gasteiger partial charge in [0.25, 0.3) is 0 Å². The standard InChI is InChI=1S/C16H19F3N4/c1-3-9-23(10-4-2)14-11-13(16(17,18)19)21-15(22-14)12-7-5-6-8-20-12/h5-8,11H,3-4,9-10H2,1-2H3. The molecule has 4 nitrogen and oxygen atoms in total. The molecule has 23 heavy (non-hydrogen) atoms. The van der Waals surface area contributed by atoms with Crippen molar-refractivity contribution in [1.29, 1.82) is 0 Å². The van der Waals surface area contributed by atoms with E-state index in [9.17, 15) is 13.2 Å². The molecule has 2 rings (SSSR count). The summed E-state index contributed by atoms with van der Waals surface area (Å²) in [6.45, 7) is 5.25. The fourth-order valence-electron chi connectivity index (χ4n) is 2.23. The van der Waals surface area contributed by atoms with Gasteiger partial charge >= 0.3 is 6.18 Å². The molecule has 0 aliphatic heterocycles. The van der Waals surface area contributed by atoms with Gasteiger partial charge in [-0.25, -0.2) is 9.97 Å². The highest BCUT2D eigenvalue weighted by Crippen LogP contribution is 2.31. The molecule has 0 fully saturated rings. The van der Waals surface area contributed by atoms with E-state index in [4.69, 9.17) is 0 Å². The largest absolute Gasteiger partial charge is 0.433 e. The van der Waals surface area contributed by atoms with Crippen molar-refractivity contribution in [1.82, 2.24) is 15.0 Å². The fourth-order valence-corrected chi connectivity index (χ4v) is 2.23. The molecular formula is C16H19F3N4. The first-order valence-electron chi connectivity index (χ1n) is 7.58. The van der Waals surface area contributed by atoms with Crippen LogP contribution in [0.2, 0.25) is 0 Å². The van der Waals surface area contributed by atoms with Gasteiger partial charge in [0.1, 0.15) is 11.5 Å². The molecular weight excluding hydrogens is 305 g/mol. The lowest BCUT2D eigenvalue weighted by Gasteiger charge is -2.23. The van der Waals surface area contributed by atoms with Crippen LogP contribution in [0.5, 0.6) is 0 Å². The summed E-state index contributed by atoms with van der Waals surface area (Å²) in [6.07, 6.45) is -1.37. The number of hydrogen-bond acceptors (Lipinski definition) is 4. The first kappa shape index (κ1) is 17.2. The van der Waals surface area contributed by atoms with Gasteiger partial charge in [0.05, 0.1) is 0 Å². The first-order valence-corrected chi connectivity index (χ1v) is 7.58. The second kappa shape index (κ2) is 7.39. The number of halogens is 3. The van der Waals surface area contributed by atoms with E-state index in [1.54, 1.807) is 18.2 Å². The Kier molecular flexibility index (Phi) is 5.52. The molecule has 2 heterocycles. The minimum absolute atomic E-state index is 0.00682. The summed E-state index contributed by atoms with van der Waals surface area (Å²) in [7, 11) is 0. The van der Waals surface area contributed by atoms with Crippen LogP contribution in [0, 0.1) is 0 Å². The van der Waals surface area contributed by atoms with Crippen molar-refractivity contribution >= 4 is 5.82 Å². The summed E-state index contributed by atoms with van der Waals surface area (Å²) in [6, 6.07) is 6.00. The lowest BCUT2D eigenvalue weighted by Crippen LogP contribution is -2.27. The summed E-state index contributed by atoms with van der Waals surface area (Å²) >= 11 is 0. The maximum atomic E-state index is 13.2. The van der Waals surface area contributed by atoms with E-state index in [-0.39, 0.29) is 11.6 Å². The molecule has 0 bridgehead atoms. The van der Waals surface area contributed by atoms with E-state index in [1.807, 2.05) is 18.7 Å². The molecule has 0 aliphatic carbocycles. The van der Waals surface area contributed by atoms with E-state index >= 15 is 0 Å². The van der Waals surface area contributed by atoms with Crippen LogP contribution in [0.25, 0.3) is 11.5 Å². The minimum atomic E-state index is -4.52. The number of nitrogens with zero attached hydrogens (tertiary/aromatic N) is 4. The van der Waals surface area contributed by atoms with E-state index in [0.29, 0.717) is 18.8 Å². The summed E-state index contributed by atoms with van der Waals surface area (Å²) < 4.78 is 39.5. The van der Waals surface area contributed by atoms with Gasteiger partial charge in [0, 0.05) is 25.4 Å². The molecule has 0 saturated heterocycles. The monoisotopic (exact) mass is 324 g/mol. The first-order chi connectivity index (χ1) is 11.0. The molecule has 0 radical (unpaired) electrons. The maximum Gasteiger partial charge on any atom is 0.433 e. The van der Waals surface area contributed by atoms with E-state index in [1.165, 1.54) is 6.20 Å². The third-order valence-electron chi connectivity index (χ3n) is 3.21. The quantitative estimate of drug-likeness (QED) is 0.799. The Morgan fingerprint density at radius 2 is 1.74 bits per heavy atom. The van der Waals surface area contributed by atoms with Crippen LogP contribution in [-0.4, -0.2) is 28.0 Å². The normalized spacial score (nSPS) is 11.5. The highest BCUT2D eigenvalue weighted by atomic mass is 19.4. The van der Waals surface area contributed by atoms with Gasteiger partial charge in [0.15, 0.2) is 11.5 Å². The Hall–Kier alpha value is -2.18. The Bertz CT molecular complexity index is 623. The third-order valence-corrected chi connectivity index (χ3v) is 3.21. The SMILES string of the molecule is CCCN(CCC)c1cc(C(F)(F)F)nc(-c2ccccn2)n1. The van der Waals surface area contributed by atoms with Crippen molar-refractivity contribution in [3.63, 3.8) is 0 Å². The van der Waals surface area contributed by atoms with Gasteiger partial charge in [-0.1, -0.05) is 19.9 Å². The molecule has 7 heteroatoms. The molecule has 124 valence electrons. The molecule has 0 spiro atoms. The lowest BCUT2D eigenvalue weighted by molar-refractivity contribution is -0.141. The highest BCUT2D eigenvalue weighted by Gasteiger charge is 2.34. The highest BCUT2D eigenvalue weighted by molar-refractivity contribution is 5.54. The molecule has 0 aliphatic rings. The fraction of sp³-hybridized carbons (Fsp3) is 0.438. The van der Waals surface area contributed by atoms with Crippen molar-refractivity contribution in [3.05, 3.63) is 36.2 Å². The zero-order chi connectivity index (χ0) is 16.9. The number of anilines is 1. The summed E-state index contributed by atoms with van der Waals surface area (Å²) in [4.78, 5) is 13.9. The van der Waals surface area contributed by atoms with Crippen LogP contribution in [0.4, 0.5) is 19.0 Å². The number of aromatic nitrogens is 3. The van der Waals surface area contributed by atoms with Crippen LogP contribution in [0.15, 0.2) is 30.5 Å². The zero-order valence-electron chi connectivity index (χ0n) is 13.1. The van der Waals surface area contributed by atoms with Gasteiger partial charge < -0.3 is 4.90 Å². The van der Waals surface area contributed by atoms with Gasteiger partial charge in [-0.3, -0.25) is 4.98 Å². The smallest absolute Gasteiger partial charge is 0.357 e. The average molecular weight is 324 g/mol. The van der Waals surface area contributed by atoms with Gasteiger partial charge in [0.2, 0.25) is 0 Å². The van der Waals surface area contributed by atoms with Crippen molar-refractivity contribution in [2.75, 3.05) is 18.0 Å². The number of pyridine rings is 1. The van der Waals surface area contributed by atoms with Crippen LogP contribution >= 0.6 is 0 Å². The molecule has 2 aromatic rings. The Labute approximate surface area is 133 Å². The lowest BCUT2D eigenvalue weighted by atomic mass is 10.2. The summed E-state index contributed by atoms with van der Waals surface area (Å²) in [5.74, 6) is 0.282. The number of alkyl halides is 3. The van der Waals surface area contributed by atoms with E-state index < -0.39 is 11.9 Å². The summed E-state index contributed by atoms with van der Waals surface area (Å²) in [5, 5.41) is 0. The third kappa shape index (κ3) is 4.40. The number of hydrogen-bond donors (Lipinski definition) is 0. The molecule has 0 aromatic carbocycles. The maximum absolute atomic E-state index is 13.2. The van der Waals surface area contributed by atoms with Crippen LogP contribution in [0.3, 0.4) is 0 Å². The molecule has 0 amide bonds. The molecule has 0 N–H and O–H groups in total. The van der Waals surface area contributed by atoms with Gasteiger partial charge in [-0.15, -0.1) is 0 Å². The second-order valence-electron chi connectivity index (χ2n) is 5.13.